The lowest BCUT2D eigenvalue weighted by atomic mass is 10.2. The molecule has 0 aliphatic heterocycles. The van der Waals surface area contributed by atoms with Crippen molar-refractivity contribution in [2.75, 3.05) is 10.6 Å². The van der Waals surface area contributed by atoms with E-state index in [2.05, 4.69) is 9.97 Å². The van der Waals surface area contributed by atoms with Crippen LogP contribution in [0.3, 0.4) is 0 Å². The number of rotatable bonds is 9. The molecule has 11 heteroatoms. The van der Waals surface area contributed by atoms with Gasteiger partial charge in [-0.15, -0.1) is 11.3 Å². The van der Waals surface area contributed by atoms with Gasteiger partial charge >= 0.3 is 5.69 Å². The summed E-state index contributed by atoms with van der Waals surface area (Å²) in [5.41, 5.74) is 5.41. The average molecular weight is 495 g/mol. The van der Waals surface area contributed by atoms with E-state index in [0.29, 0.717) is 23.2 Å². The first-order valence-corrected chi connectivity index (χ1v) is 12.2. The van der Waals surface area contributed by atoms with Crippen LogP contribution < -0.4 is 27.4 Å². The number of nitrogen functional groups attached to an aromatic ring is 1. The zero-order chi connectivity index (χ0) is 24.9. The van der Waals surface area contributed by atoms with Gasteiger partial charge in [-0.05, 0) is 23.4 Å². The lowest BCUT2D eigenvalue weighted by Crippen LogP contribution is -2.41. The Hall–Kier alpha value is -3.99. The summed E-state index contributed by atoms with van der Waals surface area (Å²) in [6.45, 7) is 2.45. The second-order valence-electron chi connectivity index (χ2n) is 8.10. The Morgan fingerprint density at radius 1 is 1.14 bits per heavy atom. The molecule has 3 heterocycles. The summed E-state index contributed by atoms with van der Waals surface area (Å²) in [5, 5.41) is 2.29. The second kappa shape index (κ2) is 10.5. The van der Waals surface area contributed by atoms with Crippen LogP contribution in [-0.2, 0) is 24.4 Å². The number of anilines is 2. The molecule has 0 fully saturated rings. The number of unbranched alkanes of at least 4 members (excludes halogenated alkanes) is 1. The molecule has 10 nitrogen and oxygen atoms in total. The predicted octanol–water partition coefficient (Wildman–Crippen LogP) is 2.31. The molecular weight excluding hydrogens is 468 g/mol. The van der Waals surface area contributed by atoms with Gasteiger partial charge < -0.3 is 10.6 Å². The zero-order valence-corrected chi connectivity index (χ0v) is 20.1. The minimum absolute atomic E-state index is 0.0602. The molecule has 0 spiro atoms. The number of carbonyl (C=O) groups is 1. The minimum Gasteiger partial charge on any atom is -0.383 e. The van der Waals surface area contributed by atoms with E-state index in [4.69, 9.17) is 5.73 Å². The fourth-order valence-corrected chi connectivity index (χ4v) is 4.56. The van der Waals surface area contributed by atoms with Gasteiger partial charge in [-0.1, -0.05) is 43.7 Å². The van der Waals surface area contributed by atoms with Crippen LogP contribution in [0.25, 0.3) is 10.2 Å². The number of aryl methyl sites for hydroxylation is 1. The van der Waals surface area contributed by atoms with E-state index < -0.39 is 17.2 Å². The molecule has 0 atom stereocenters. The molecular formula is C24H26N6O4S. The molecule has 182 valence electrons. The topological polar surface area (TPSA) is 136 Å². The number of aromatic nitrogens is 4. The molecule has 0 aliphatic rings. The minimum atomic E-state index is -0.733. The third-order valence-electron chi connectivity index (χ3n) is 5.72. The first-order valence-electron chi connectivity index (χ1n) is 11.3. The SMILES string of the molecule is CCCCn1c(N)c(N(Cc2ccccc2)C(=O)CCn2cnc3sccc3c2=O)c(=O)[nH]c1=O. The summed E-state index contributed by atoms with van der Waals surface area (Å²) in [6.07, 6.45) is 2.85. The average Bonchev–Trinajstić information content (AvgIpc) is 3.33. The largest absolute Gasteiger partial charge is 0.383 e. The van der Waals surface area contributed by atoms with E-state index in [-0.39, 0.29) is 36.6 Å². The maximum Gasteiger partial charge on any atom is 0.330 e. The Balaban J connectivity index is 1.69. The van der Waals surface area contributed by atoms with E-state index in [1.54, 1.807) is 11.4 Å². The van der Waals surface area contributed by atoms with E-state index in [1.807, 2.05) is 37.3 Å². The summed E-state index contributed by atoms with van der Waals surface area (Å²) in [6, 6.07) is 10.9. The number of nitrogens with zero attached hydrogens (tertiary/aromatic N) is 4. The monoisotopic (exact) mass is 494 g/mol. The molecule has 0 saturated heterocycles. The summed E-state index contributed by atoms with van der Waals surface area (Å²) >= 11 is 1.37. The number of aromatic amines is 1. The van der Waals surface area contributed by atoms with Gasteiger partial charge in [-0.3, -0.25) is 28.5 Å². The van der Waals surface area contributed by atoms with Crippen molar-refractivity contribution in [3.05, 3.63) is 84.9 Å². The van der Waals surface area contributed by atoms with Crippen LogP contribution in [0.1, 0.15) is 31.7 Å². The number of nitrogens with two attached hydrogens (primary N) is 1. The Morgan fingerprint density at radius 3 is 2.66 bits per heavy atom. The summed E-state index contributed by atoms with van der Waals surface area (Å²) in [5.74, 6) is -0.473. The van der Waals surface area contributed by atoms with Crippen molar-refractivity contribution in [3.8, 4) is 0 Å². The molecule has 4 rings (SSSR count). The highest BCUT2D eigenvalue weighted by molar-refractivity contribution is 7.16. The molecule has 0 aliphatic carbocycles. The highest BCUT2D eigenvalue weighted by Gasteiger charge is 2.24. The van der Waals surface area contributed by atoms with Gasteiger partial charge in [0.1, 0.15) is 10.6 Å². The molecule has 1 aromatic carbocycles. The van der Waals surface area contributed by atoms with Gasteiger partial charge in [-0.25, -0.2) is 9.78 Å². The van der Waals surface area contributed by atoms with Gasteiger partial charge in [0.25, 0.3) is 11.1 Å². The summed E-state index contributed by atoms with van der Waals surface area (Å²) in [4.78, 5) is 59.9. The molecule has 0 unspecified atom stereocenters. The van der Waals surface area contributed by atoms with Crippen LogP contribution >= 0.6 is 11.3 Å². The highest BCUT2D eigenvalue weighted by atomic mass is 32.1. The van der Waals surface area contributed by atoms with Gasteiger partial charge in [0.05, 0.1) is 18.3 Å². The molecule has 0 saturated carbocycles. The fraction of sp³-hybridized carbons (Fsp3) is 0.292. The molecule has 4 aromatic rings. The van der Waals surface area contributed by atoms with Gasteiger partial charge in [0.15, 0.2) is 5.69 Å². The maximum atomic E-state index is 13.5. The normalized spacial score (nSPS) is 11.1. The lowest BCUT2D eigenvalue weighted by molar-refractivity contribution is -0.119. The van der Waals surface area contributed by atoms with Crippen molar-refractivity contribution < 1.29 is 4.79 Å². The molecule has 0 bridgehead atoms. The third kappa shape index (κ3) is 5.09. The molecule has 3 N–H and O–H groups in total. The molecule has 1 amide bonds. The Morgan fingerprint density at radius 2 is 1.91 bits per heavy atom. The zero-order valence-electron chi connectivity index (χ0n) is 19.3. The number of hydrogen-bond donors (Lipinski definition) is 2. The van der Waals surface area contributed by atoms with Crippen molar-refractivity contribution in [2.45, 2.75) is 45.8 Å². The number of fused-ring (bicyclic) bond motifs is 1. The quantitative estimate of drug-likeness (QED) is 0.366. The van der Waals surface area contributed by atoms with Crippen molar-refractivity contribution in [2.24, 2.45) is 0 Å². The Bertz CT molecular complexity index is 1520. The number of hydrogen-bond acceptors (Lipinski definition) is 7. The van der Waals surface area contributed by atoms with Crippen LogP contribution in [-0.4, -0.2) is 25.0 Å². The van der Waals surface area contributed by atoms with E-state index in [9.17, 15) is 19.2 Å². The Kier molecular flexibility index (Phi) is 7.25. The summed E-state index contributed by atoms with van der Waals surface area (Å²) in [7, 11) is 0. The number of benzene rings is 1. The summed E-state index contributed by atoms with van der Waals surface area (Å²) < 4.78 is 2.66. The highest BCUT2D eigenvalue weighted by Crippen LogP contribution is 2.21. The maximum absolute atomic E-state index is 13.5. The lowest BCUT2D eigenvalue weighted by Gasteiger charge is -2.25. The van der Waals surface area contributed by atoms with Crippen LogP contribution in [0.2, 0.25) is 0 Å². The number of H-pyrrole nitrogens is 1. The number of thiophene rings is 1. The van der Waals surface area contributed by atoms with E-state index in [0.717, 1.165) is 12.0 Å². The Labute approximate surface area is 204 Å². The van der Waals surface area contributed by atoms with Crippen LogP contribution in [0.4, 0.5) is 11.5 Å². The van der Waals surface area contributed by atoms with Crippen molar-refractivity contribution in [1.29, 1.82) is 0 Å². The van der Waals surface area contributed by atoms with Crippen LogP contribution in [0, 0.1) is 0 Å². The number of amides is 1. The number of nitrogens with one attached hydrogen (secondary N) is 1. The first-order chi connectivity index (χ1) is 16.9. The van der Waals surface area contributed by atoms with Crippen LogP contribution in [0.5, 0.6) is 0 Å². The van der Waals surface area contributed by atoms with Crippen molar-refractivity contribution >= 4 is 39.0 Å². The predicted molar refractivity (Wildman–Crippen MR) is 137 cm³/mol. The number of carbonyl (C=O) groups excluding carboxylic acids is 1. The fourth-order valence-electron chi connectivity index (χ4n) is 3.84. The van der Waals surface area contributed by atoms with Crippen LogP contribution in [0.15, 0.2) is 62.5 Å². The van der Waals surface area contributed by atoms with Crippen molar-refractivity contribution in [1.82, 2.24) is 19.1 Å². The van der Waals surface area contributed by atoms with E-state index >= 15 is 0 Å². The third-order valence-corrected chi connectivity index (χ3v) is 6.54. The van der Waals surface area contributed by atoms with Gasteiger partial charge in [0.2, 0.25) is 5.91 Å². The van der Waals surface area contributed by atoms with Gasteiger partial charge in [0, 0.05) is 19.5 Å². The standard InChI is InChI=1S/C24H26N6O4S/c1-2-3-11-29-20(25)19(21(32)27-24(29)34)30(14-16-7-5-4-6-8-16)18(31)9-12-28-15-26-22-17(23(28)33)10-13-35-22/h4-8,10,13,15H,2-3,9,11-12,14,25H2,1H3,(H,27,32,34). The van der Waals surface area contributed by atoms with E-state index in [1.165, 1.54) is 31.7 Å². The first kappa shape index (κ1) is 24.1. The smallest absolute Gasteiger partial charge is 0.330 e. The van der Waals surface area contributed by atoms with Gasteiger partial charge in [-0.2, -0.15) is 0 Å². The second-order valence-corrected chi connectivity index (χ2v) is 8.99. The molecule has 0 radical (unpaired) electrons. The molecule has 35 heavy (non-hydrogen) atoms. The van der Waals surface area contributed by atoms with Crippen molar-refractivity contribution in [3.63, 3.8) is 0 Å². The molecule has 3 aromatic heterocycles.